The number of tetrazole rings is 1. The second-order valence-electron chi connectivity index (χ2n) is 8.17. The molecular formula is C19H32FN5O2. The first-order chi connectivity index (χ1) is 13.1. The molecule has 0 aromatic carbocycles. The van der Waals surface area contributed by atoms with Gasteiger partial charge in [0.15, 0.2) is 5.82 Å². The van der Waals surface area contributed by atoms with Crippen molar-refractivity contribution in [1.29, 1.82) is 0 Å². The molecule has 1 aliphatic heterocycles. The maximum atomic E-state index is 15.4. The van der Waals surface area contributed by atoms with Crippen LogP contribution in [0.25, 0.3) is 0 Å². The fourth-order valence-electron chi connectivity index (χ4n) is 4.48. The van der Waals surface area contributed by atoms with Gasteiger partial charge in [-0.1, -0.05) is 31.4 Å². The SMILES string of the molecule is CCCCCCOC(=O)[C@@H]1C[C@H]2C[C@@](F)(CCc3nn[nH]n3)CC[C@H]2CN1. The third-order valence-electron chi connectivity index (χ3n) is 6.14. The van der Waals surface area contributed by atoms with Gasteiger partial charge in [-0.3, -0.25) is 4.79 Å². The number of carbonyl (C=O) groups is 1. The lowest BCUT2D eigenvalue weighted by Gasteiger charge is -2.44. The Morgan fingerprint density at radius 2 is 2.22 bits per heavy atom. The first kappa shape index (κ1) is 20.2. The average molecular weight is 381 g/mol. The molecule has 4 atom stereocenters. The zero-order valence-electron chi connectivity index (χ0n) is 16.3. The minimum atomic E-state index is -1.20. The van der Waals surface area contributed by atoms with Crippen molar-refractivity contribution in [1.82, 2.24) is 25.9 Å². The molecule has 1 aromatic rings. The van der Waals surface area contributed by atoms with Crippen LogP contribution < -0.4 is 5.32 Å². The molecule has 7 nitrogen and oxygen atoms in total. The monoisotopic (exact) mass is 381 g/mol. The zero-order valence-corrected chi connectivity index (χ0v) is 16.3. The third-order valence-corrected chi connectivity index (χ3v) is 6.14. The number of esters is 1. The molecular weight excluding hydrogens is 349 g/mol. The van der Waals surface area contributed by atoms with Crippen LogP contribution in [0.3, 0.4) is 0 Å². The Hall–Kier alpha value is -1.57. The third kappa shape index (κ3) is 5.70. The highest BCUT2D eigenvalue weighted by Gasteiger charge is 2.44. The lowest BCUT2D eigenvalue weighted by atomic mass is 9.67. The van der Waals surface area contributed by atoms with Crippen molar-refractivity contribution in [2.75, 3.05) is 13.2 Å². The number of aromatic amines is 1. The predicted molar refractivity (Wildman–Crippen MR) is 98.7 cm³/mol. The summed E-state index contributed by atoms with van der Waals surface area (Å²) in [6.07, 6.45) is 7.87. The van der Waals surface area contributed by atoms with E-state index in [0.717, 1.165) is 25.8 Å². The highest BCUT2D eigenvalue weighted by atomic mass is 19.1. The molecule has 0 spiro atoms. The summed E-state index contributed by atoms with van der Waals surface area (Å²) in [6, 6.07) is -0.294. The molecule has 1 aliphatic carbocycles. The molecule has 0 radical (unpaired) electrons. The number of halogens is 1. The van der Waals surface area contributed by atoms with Gasteiger partial charge in [0, 0.05) is 6.42 Å². The van der Waals surface area contributed by atoms with Crippen molar-refractivity contribution in [3.05, 3.63) is 5.82 Å². The van der Waals surface area contributed by atoms with Crippen molar-refractivity contribution in [3.63, 3.8) is 0 Å². The number of ether oxygens (including phenoxy) is 1. The molecule has 2 heterocycles. The molecule has 152 valence electrons. The maximum absolute atomic E-state index is 15.4. The van der Waals surface area contributed by atoms with E-state index in [0.29, 0.717) is 50.5 Å². The minimum Gasteiger partial charge on any atom is -0.465 e. The molecule has 3 rings (SSSR count). The molecule has 2 fully saturated rings. The smallest absolute Gasteiger partial charge is 0.323 e. The van der Waals surface area contributed by atoms with E-state index in [1.54, 1.807) is 0 Å². The van der Waals surface area contributed by atoms with Gasteiger partial charge in [0.1, 0.15) is 11.7 Å². The number of H-pyrrole nitrogens is 1. The standard InChI is InChI=1S/C19H32FN5O2/c1-2-3-4-5-10-27-18(26)16-11-15-12-19(20,8-6-14(15)13-21-16)9-7-17-22-24-25-23-17/h14-16,21H,2-13H2,1H3,(H,22,23,24,25)/t14-,15-,16-,19-/m0/s1. The summed E-state index contributed by atoms with van der Waals surface area (Å²) in [4.78, 5) is 12.3. The Balaban J connectivity index is 1.45. The zero-order chi connectivity index (χ0) is 19.1. The van der Waals surface area contributed by atoms with Gasteiger partial charge in [0.2, 0.25) is 0 Å². The van der Waals surface area contributed by atoms with Crippen LogP contribution in [0.4, 0.5) is 4.39 Å². The van der Waals surface area contributed by atoms with E-state index >= 15 is 4.39 Å². The lowest BCUT2D eigenvalue weighted by Crippen LogP contribution is -2.52. The first-order valence-corrected chi connectivity index (χ1v) is 10.4. The van der Waals surface area contributed by atoms with Crippen LogP contribution in [0.1, 0.15) is 70.5 Å². The fraction of sp³-hybridized carbons (Fsp3) is 0.895. The molecule has 1 aromatic heterocycles. The molecule has 0 unspecified atom stereocenters. The van der Waals surface area contributed by atoms with Gasteiger partial charge in [-0.25, -0.2) is 4.39 Å². The normalized spacial score (nSPS) is 30.7. The number of hydrogen-bond donors (Lipinski definition) is 2. The number of piperidine rings is 1. The summed E-state index contributed by atoms with van der Waals surface area (Å²) in [6.45, 7) is 3.43. The van der Waals surface area contributed by atoms with Gasteiger partial charge >= 0.3 is 5.97 Å². The van der Waals surface area contributed by atoms with Crippen molar-refractivity contribution in [2.24, 2.45) is 11.8 Å². The first-order valence-electron chi connectivity index (χ1n) is 10.4. The largest absolute Gasteiger partial charge is 0.465 e. The highest BCUT2D eigenvalue weighted by molar-refractivity contribution is 5.75. The number of unbranched alkanes of at least 4 members (excludes halogenated alkanes) is 3. The molecule has 0 amide bonds. The summed E-state index contributed by atoms with van der Waals surface area (Å²) in [7, 11) is 0. The molecule has 8 heteroatoms. The molecule has 27 heavy (non-hydrogen) atoms. The van der Waals surface area contributed by atoms with Crippen LogP contribution in [0.5, 0.6) is 0 Å². The van der Waals surface area contributed by atoms with E-state index in [9.17, 15) is 4.79 Å². The number of carbonyl (C=O) groups excluding carboxylic acids is 1. The van der Waals surface area contributed by atoms with Crippen LogP contribution in [0.15, 0.2) is 0 Å². The van der Waals surface area contributed by atoms with E-state index in [-0.39, 0.29) is 17.9 Å². The summed E-state index contributed by atoms with van der Waals surface area (Å²) < 4.78 is 20.8. The van der Waals surface area contributed by atoms with Crippen LogP contribution in [0, 0.1) is 11.8 Å². The van der Waals surface area contributed by atoms with Crippen molar-refractivity contribution in [3.8, 4) is 0 Å². The van der Waals surface area contributed by atoms with E-state index in [1.807, 2.05) is 0 Å². The second-order valence-corrected chi connectivity index (χ2v) is 8.17. The number of aryl methyl sites for hydroxylation is 1. The topological polar surface area (TPSA) is 92.8 Å². The van der Waals surface area contributed by atoms with Crippen LogP contribution in [0.2, 0.25) is 0 Å². The highest BCUT2D eigenvalue weighted by Crippen LogP contribution is 2.44. The Labute approximate surface area is 160 Å². The van der Waals surface area contributed by atoms with Crippen LogP contribution >= 0.6 is 0 Å². The Bertz CT molecular complexity index is 585. The molecule has 1 saturated carbocycles. The number of fused-ring (bicyclic) bond motifs is 1. The van der Waals surface area contributed by atoms with Gasteiger partial charge in [-0.15, -0.1) is 10.2 Å². The van der Waals surface area contributed by atoms with Crippen molar-refractivity contribution >= 4 is 5.97 Å². The van der Waals surface area contributed by atoms with Crippen LogP contribution in [-0.4, -0.2) is 51.5 Å². The van der Waals surface area contributed by atoms with Gasteiger partial charge in [0.25, 0.3) is 0 Å². The summed E-state index contributed by atoms with van der Waals surface area (Å²) >= 11 is 0. The summed E-state index contributed by atoms with van der Waals surface area (Å²) in [5.74, 6) is 1.07. The number of alkyl halides is 1. The lowest BCUT2D eigenvalue weighted by molar-refractivity contribution is -0.148. The number of hydrogen-bond acceptors (Lipinski definition) is 6. The minimum absolute atomic E-state index is 0.174. The average Bonchev–Trinajstić information content (AvgIpc) is 3.19. The van der Waals surface area contributed by atoms with Gasteiger partial charge in [-0.05, 0) is 56.9 Å². The number of aromatic nitrogens is 4. The van der Waals surface area contributed by atoms with Crippen molar-refractivity contribution in [2.45, 2.75) is 82.8 Å². The molecule has 2 N–H and O–H groups in total. The fourth-order valence-corrected chi connectivity index (χ4v) is 4.48. The maximum Gasteiger partial charge on any atom is 0.323 e. The molecule has 0 bridgehead atoms. The molecule has 1 saturated heterocycles. The summed E-state index contributed by atoms with van der Waals surface area (Å²) in [5, 5.41) is 17.1. The molecule has 2 aliphatic rings. The Morgan fingerprint density at radius 1 is 1.33 bits per heavy atom. The van der Waals surface area contributed by atoms with Gasteiger partial charge in [0.05, 0.1) is 6.61 Å². The van der Waals surface area contributed by atoms with Crippen LogP contribution in [-0.2, 0) is 16.0 Å². The van der Waals surface area contributed by atoms with E-state index in [4.69, 9.17) is 4.74 Å². The predicted octanol–water partition coefficient (Wildman–Crippen LogP) is 2.74. The number of rotatable bonds is 9. The van der Waals surface area contributed by atoms with E-state index < -0.39 is 5.67 Å². The Kier molecular flexibility index (Phi) is 7.15. The Morgan fingerprint density at radius 3 is 3.00 bits per heavy atom. The van der Waals surface area contributed by atoms with E-state index in [1.165, 1.54) is 12.8 Å². The van der Waals surface area contributed by atoms with Crippen molar-refractivity contribution < 1.29 is 13.9 Å². The van der Waals surface area contributed by atoms with E-state index in [2.05, 4.69) is 32.9 Å². The summed E-state index contributed by atoms with van der Waals surface area (Å²) in [5.41, 5.74) is -1.20. The van der Waals surface area contributed by atoms with Gasteiger partial charge in [-0.2, -0.15) is 5.21 Å². The number of nitrogens with zero attached hydrogens (tertiary/aromatic N) is 3. The second kappa shape index (κ2) is 9.57. The number of nitrogens with one attached hydrogen (secondary N) is 2. The quantitative estimate of drug-likeness (QED) is 0.505. The van der Waals surface area contributed by atoms with Gasteiger partial charge < -0.3 is 10.1 Å².